The van der Waals surface area contributed by atoms with Crippen LogP contribution in [0.1, 0.15) is 11.1 Å². The van der Waals surface area contributed by atoms with Gasteiger partial charge in [0.25, 0.3) is 0 Å². The number of hydrogen-bond donors (Lipinski definition) is 1. The second kappa shape index (κ2) is 7.28. The molecule has 1 aliphatic heterocycles. The Bertz CT molecular complexity index is 997. The Balaban J connectivity index is 1.44. The monoisotopic (exact) mass is 458 g/mol. The number of nitrogens with zero attached hydrogens (tertiary/aromatic N) is 5. The topological polar surface area (TPSA) is 60.9 Å². The molecule has 0 bridgehead atoms. The zero-order valence-corrected chi connectivity index (χ0v) is 16.1. The molecule has 0 radical (unpaired) electrons. The molecule has 148 valence electrons. The van der Waals surface area contributed by atoms with Gasteiger partial charge in [-0.05, 0) is 28.1 Å². The summed E-state index contributed by atoms with van der Waals surface area (Å²) in [6, 6.07) is 2.68. The molecule has 3 aromatic rings. The van der Waals surface area contributed by atoms with Crippen LogP contribution in [0.15, 0.2) is 29.1 Å². The molecule has 1 saturated heterocycles. The van der Waals surface area contributed by atoms with E-state index in [1.54, 1.807) is 0 Å². The quantitative estimate of drug-likeness (QED) is 0.607. The van der Waals surface area contributed by atoms with Crippen molar-refractivity contribution in [1.82, 2.24) is 25.1 Å². The summed E-state index contributed by atoms with van der Waals surface area (Å²) in [6.07, 6.45) is -3.08. The third-order valence-electron chi connectivity index (χ3n) is 4.74. The Morgan fingerprint density at radius 3 is 2.54 bits per heavy atom. The second-order valence-corrected chi connectivity index (χ2v) is 7.25. The molecule has 0 unspecified atom stereocenters. The van der Waals surface area contributed by atoms with Gasteiger partial charge < -0.3 is 4.90 Å². The lowest BCUT2D eigenvalue weighted by Gasteiger charge is -2.35. The van der Waals surface area contributed by atoms with Gasteiger partial charge >= 0.3 is 6.18 Å². The van der Waals surface area contributed by atoms with Gasteiger partial charge in [0.1, 0.15) is 22.6 Å². The van der Waals surface area contributed by atoms with Gasteiger partial charge in [0.2, 0.25) is 0 Å². The largest absolute Gasteiger partial charge is 0.416 e. The van der Waals surface area contributed by atoms with Crippen LogP contribution in [0.3, 0.4) is 0 Å². The number of alkyl halides is 3. The fraction of sp³-hybridized carbons (Fsp3) is 0.353. The van der Waals surface area contributed by atoms with E-state index in [2.05, 4.69) is 41.0 Å². The van der Waals surface area contributed by atoms with Crippen LogP contribution in [0.25, 0.3) is 11.0 Å². The van der Waals surface area contributed by atoms with Crippen LogP contribution in [0.5, 0.6) is 0 Å². The molecule has 0 spiro atoms. The number of H-pyrrole nitrogens is 1. The first-order valence-corrected chi connectivity index (χ1v) is 9.30. The summed E-state index contributed by atoms with van der Waals surface area (Å²) in [5.41, 5.74) is -0.0911. The third kappa shape index (κ3) is 3.68. The van der Waals surface area contributed by atoms with Crippen molar-refractivity contribution in [2.24, 2.45) is 0 Å². The molecule has 0 saturated carbocycles. The first kappa shape index (κ1) is 19.1. The normalized spacial score (nSPS) is 16.1. The van der Waals surface area contributed by atoms with Crippen molar-refractivity contribution < 1.29 is 17.6 Å². The number of benzene rings is 1. The molecule has 0 amide bonds. The van der Waals surface area contributed by atoms with Gasteiger partial charge in [0, 0.05) is 38.3 Å². The summed E-state index contributed by atoms with van der Waals surface area (Å²) in [6.45, 7) is 2.80. The smallest absolute Gasteiger partial charge is 0.353 e. The van der Waals surface area contributed by atoms with E-state index in [-0.39, 0.29) is 12.1 Å². The zero-order chi connectivity index (χ0) is 19.9. The predicted octanol–water partition coefficient (Wildman–Crippen LogP) is 3.60. The van der Waals surface area contributed by atoms with Crippen molar-refractivity contribution in [2.45, 2.75) is 12.7 Å². The van der Waals surface area contributed by atoms with Gasteiger partial charge in [-0.25, -0.2) is 14.4 Å². The average molecular weight is 459 g/mol. The van der Waals surface area contributed by atoms with Gasteiger partial charge in [0.05, 0.1) is 10.9 Å². The maximum Gasteiger partial charge on any atom is 0.416 e. The van der Waals surface area contributed by atoms with E-state index in [1.165, 1.54) is 12.4 Å². The fourth-order valence-corrected chi connectivity index (χ4v) is 3.71. The van der Waals surface area contributed by atoms with Crippen LogP contribution < -0.4 is 4.90 Å². The van der Waals surface area contributed by atoms with Crippen LogP contribution in [0.4, 0.5) is 23.4 Å². The number of aromatic amines is 1. The SMILES string of the molecule is Fc1cc(C(F)(F)F)ccc1CN1CCN(c2ncnc3[nH]nc(Br)c23)CC1. The van der Waals surface area contributed by atoms with Crippen LogP contribution in [-0.4, -0.2) is 51.2 Å². The molecule has 3 heterocycles. The molecular formula is C17H15BrF4N6. The summed E-state index contributed by atoms with van der Waals surface area (Å²) in [5, 5.41) is 7.71. The number of aromatic nitrogens is 4. The number of halogens is 5. The zero-order valence-electron chi connectivity index (χ0n) is 14.5. The fourth-order valence-electron chi connectivity index (χ4n) is 3.26. The average Bonchev–Trinajstić information content (AvgIpc) is 3.04. The first-order chi connectivity index (χ1) is 13.3. The molecule has 11 heteroatoms. The Labute approximate surface area is 165 Å². The second-order valence-electron chi connectivity index (χ2n) is 6.50. The first-order valence-electron chi connectivity index (χ1n) is 8.50. The van der Waals surface area contributed by atoms with Crippen molar-refractivity contribution in [3.8, 4) is 0 Å². The van der Waals surface area contributed by atoms with Crippen LogP contribution >= 0.6 is 15.9 Å². The predicted molar refractivity (Wildman–Crippen MR) is 98.3 cm³/mol. The molecule has 1 N–H and O–H groups in total. The van der Waals surface area contributed by atoms with Crippen LogP contribution in [0, 0.1) is 5.82 Å². The summed E-state index contributed by atoms with van der Waals surface area (Å²) in [5.74, 6) is -0.0805. The number of nitrogens with one attached hydrogen (secondary N) is 1. The minimum atomic E-state index is -4.55. The molecule has 1 aliphatic rings. The highest BCUT2D eigenvalue weighted by Crippen LogP contribution is 2.31. The molecule has 4 rings (SSSR count). The van der Waals surface area contributed by atoms with E-state index in [0.717, 1.165) is 17.3 Å². The maximum atomic E-state index is 14.1. The Morgan fingerprint density at radius 2 is 1.86 bits per heavy atom. The van der Waals surface area contributed by atoms with Crippen molar-refractivity contribution in [3.63, 3.8) is 0 Å². The minimum absolute atomic E-state index is 0.253. The van der Waals surface area contributed by atoms with Crippen LogP contribution in [-0.2, 0) is 12.7 Å². The van der Waals surface area contributed by atoms with Gasteiger partial charge in [-0.15, -0.1) is 0 Å². The molecule has 1 aromatic carbocycles. The van der Waals surface area contributed by atoms with E-state index in [1.807, 2.05) is 4.90 Å². The lowest BCUT2D eigenvalue weighted by atomic mass is 10.1. The van der Waals surface area contributed by atoms with E-state index in [0.29, 0.717) is 42.5 Å². The molecule has 28 heavy (non-hydrogen) atoms. The number of fused-ring (bicyclic) bond motifs is 1. The number of piperazine rings is 1. The van der Waals surface area contributed by atoms with E-state index in [9.17, 15) is 17.6 Å². The van der Waals surface area contributed by atoms with Gasteiger partial charge in [-0.3, -0.25) is 10.00 Å². The van der Waals surface area contributed by atoms with E-state index in [4.69, 9.17) is 0 Å². The number of hydrogen-bond acceptors (Lipinski definition) is 5. The van der Waals surface area contributed by atoms with Crippen molar-refractivity contribution in [1.29, 1.82) is 0 Å². The highest BCUT2D eigenvalue weighted by atomic mass is 79.9. The van der Waals surface area contributed by atoms with E-state index < -0.39 is 17.6 Å². The summed E-state index contributed by atoms with van der Waals surface area (Å²) in [4.78, 5) is 12.6. The maximum absolute atomic E-state index is 14.1. The van der Waals surface area contributed by atoms with Crippen LogP contribution in [0.2, 0.25) is 0 Å². The van der Waals surface area contributed by atoms with Gasteiger partial charge in [0.15, 0.2) is 5.65 Å². The minimum Gasteiger partial charge on any atom is -0.353 e. The molecular weight excluding hydrogens is 444 g/mol. The standard InChI is InChI=1S/C17H15BrF4N6/c18-14-13-15(26-25-14)23-9-24-16(13)28-5-3-27(4-6-28)8-10-1-2-11(7-12(10)19)17(20,21)22/h1-2,7,9H,3-6,8H2,(H,23,24,25,26). The summed E-state index contributed by atoms with van der Waals surface area (Å²) >= 11 is 3.39. The van der Waals surface area contributed by atoms with E-state index >= 15 is 0 Å². The lowest BCUT2D eigenvalue weighted by molar-refractivity contribution is -0.137. The summed E-state index contributed by atoms with van der Waals surface area (Å²) < 4.78 is 52.7. The van der Waals surface area contributed by atoms with Gasteiger partial charge in [-0.1, -0.05) is 6.07 Å². The van der Waals surface area contributed by atoms with Crippen molar-refractivity contribution >= 4 is 32.8 Å². The highest BCUT2D eigenvalue weighted by Gasteiger charge is 2.31. The molecule has 1 fully saturated rings. The number of anilines is 1. The molecule has 2 aromatic heterocycles. The number of rotatable bonds is 3. The highest BCUT2D eigenvalue weighted by molar-refractivity contribution is 9.10. The van der Waals surface area contributed by atoms with Crippen molar-refractivity contribution in [2.75, 3.05) is 31.1 Å². The van der Waals surface area contributed by atoms with Gasteiger partial charge in [-0.2, -0.15) is 18.3 Å². The Hall–Kier alpha value is -2.27. The Morgan fingerprint density at radius 1 is 1.11 bits per heavy atom. The molecule has 0 atom stereocenters. The lowest BCUT2D eigenvalue weighted by Crippen LogP contribution is -2.46. The van der Waals surface area contributed by atoms with Crippen molar-refractivity contribution in [3.05, 3.63) is 46.1 Å². The third-order valence-corrected chi connectivity index (χ3v) is 5.31. The molecule has 0 aliphatic carbocycles. The summed E-state index contributed by atoms with van der Waals surface area (Å²) in [7, 11) is 0. The Kier molecular flexibility index (Phi) is 4.96. The molecule has 6 nitrogen and oxygen atoms in total.